The molecule has 2 saturated heterocycles. The predicted molar refractivity (Wildman–Crippen MR) is 310 cm³/mol. The number of hydrogen-bond acceptors (Lipinski definition) is 14. The Hall–Kier alpha value is -4.63. The van der Waals surface area contributed by atoms with Crippen molar-refractivity contribution in [3.05, 3.63) is 132 Å². The quantitative estimate of drug-likeness (QED) is 0.0153. The van der Waals surface area contributed by atoms with Gasteiger partial charge in [0.15, 0.2) is 6.35 Å². The number of carbonyl (C=O) groups is 1. The van der Waals surface area contributed by atoms with Crippen LogP contribution in [-0.2, 0) is 19.4 Å². The average Bonchev–Trinajstić information content (AvgIpc) is 3.84. The highest BCUT2D eigenvalue weighted by Crippen LogP contribution is 2.46. The monoisotopic (exact) mass is 1170 g/mol. The van der Waals surface area contributed by atoms with E-state index in [2.05, 4.69) is 69.3 Å². The maximum Gasteiger partial charge on any atom is 0.501 e. The lowest BCUT2D eigenvalue weighted by Gasteiger charge is -2.37. The minimum absolute atomic E-state index is 0.0669. The Kier molecular flexibility index (Phi) is 21.4. The van der Waals surface area contributed by atoms with Crippen LogP contribution in [0.2, 0.25) is 5.02 Å². The summed E-state index contributed by atoms with van der Waals surface area (Å²) in [7, 11) is -7.74. The van der Waals surface area contributed by atoms with Gasteiger partial charge in [0.2, 0.25) is 8.38 Å². The molecule has 0 aliphatic carbocycles. The van der Waals surface area contributed by atoms with Crippen LogP contribution < -0.4 is 19.8 Å². The summed E-state index contributed by atoms with van der Waals surface area (Å²) in [6, 6.07) is 34.5. The van der Waals surface area contributed by atoms with Crippen LogP contribution in [0, 0.1) is 18.7 Å². The number of sulfone groups is 1. The number of aromatic nitrogens is 1. The molecule has 8 rings (SSSR count). The molecule has 0 atom stereocenters. The molecular weight excluding hydrogens is 1110 g/mol. The number of ether oxygens (including phenoxy) is 1. The number of benzene rings is 5. The van der Waals surface area contributed by atoms with E-state index in [0.717, 1.165) is 99.7 Å². The number of thioether (sulfide) groups is 2. The molecule has 6 aromatic rings. The van der Waals surface area contributed by atoms with Gasteiger partial charge in [0, 0.05) is 92.5 Å². The first-order chi connectivity index (χ1) is 36.8. The second kappa shape index (κ2) is 27.5. The first-order valence-electron chi connectivity index (χ1n) is 25.1. The number of anilines is 4. The number of likely N-dealkylation sites (tertiary alicyclic amines) is 1. The van der Waals surface area contributed by atoms with Gasteiger partial charge in [-0.3, -0.25) is 4.79 Å². The third kappa shape index (κ3) is 15.6. The van der Waals surface area contributed by atoms with Crippen molar-refractivity contribution in [1.29, 1.82) is 0 Å². The Morgan fingerprint density at radius 3 is 2.09 bits per heavy atom. The highest BCUT2D eigenvalue weighted by atomic mass is 35.5. The van der Waals surface area contributed by atoms with Gasteiger partial charge >= 0.3 is 11.5 Å². The van der Waals surface area contributed by atoms with Crippen molar-refractivity contribution in [2.45, 2.75) is 71.7 Å². The van der Waals surface area contributed by atoms with E-state index in [-0.39, 0.29) is 42.3 Å². The summed E-state index contributed by atoms with van der Waals surface area (Å²) in [6.07, 6.45) is 3.41. The van der Waals surface area contributed by atoms with Crippen molar-refractivity contribution in [2.24, 2.45) is 5.92 Å². The van der Waals surface area contributed by atoms with E-state index >= 15 is 4.39 Å². The number of alkyl halides is 3. The molecule has 77 heavy (non-hydrogen) atoms. The number of halogens is 5. The molecule has 0 unspecified atom stereocenters. The van der Waals surface area contributed by atoms with Gasteiger partial charge < -0.3 is 43.8 Å². The topological polar surface area (TPSA) is 140 Å². The number of nitrogens with one attached hydrogen (secondary N) is 2. The molecular formula is C55H64ClF4N6O6PS4. The van der Waals surface area contributed by atoms with Crippen LogP contribution in [0.1, 0.15) is 45.3 Å². The smallest absolute Gasteiger partial charge is 0.456 e. The number of piperazine rings is 1. The molecule has 0 bridgehead atoms. The fourth-order valence-corrected chi connectivity index (χ4v) is 13.1. The molecule has 2 fully saturated rings. The van der Waals surface area contributed by atoms with Crippen LogP contribution in [-0.4, -0.2) is 110 Å². The van der Waals surface area contributed by atoms with Crippen molar-refractivity contribution in [1.82, 2.24) is 9.47 Å². The number of hydrogen-bond donors (Lipinski definition) is 4. The summed E-state index contributed by atoms with van der Waals surface area (Å²) in [5, 5.41) is 3.54. The van der Waals surface area contributed by atoms with Gasteiger partial charge in [-0.1, -0.05) is 48.9 Å². The molecule has 2 aliphatic rings. The fraction of sp³-hybridized carbons (Fsp3) is 0.364. The molecule has 12 nitrogen and oxygen atoms in total. The maximum absolute atomic E-state index is 15.6. The lowest BCUT2D eigenvalue weighted by molar-refractivity contribution is -0.148. The van der Waals surface area contributed by atoms with E-state index in [1.54, 1.807) is 30.0 Å². The fourth-order valence-electron chi connectivity index (χ4n) is 9.38. The van der Waals surface area contributed by atoms with Gasteiger partial charge in [-0.2, -0.15) is 13.2 Å². The van der Waals surface area contributed by atoms with E-state index in [0.29, 0.717) is 47.5 Å². The first-order valence-corrected chi connectivity index (χ1v) is 31.4. The lowest BCUT2D eigenvalue weighted by atomic mass is 9.97. The Morgan fingerprint density at radius 1 is 0.844 bits per heavy atom. The molecule has 3 heterocycles. The van der Waals surface area contributed by atoms with Crippen LogP contribution in [0.15, 0.2) is 135 Å². The summed E-state index contributed by atoms with van der Waals surface area (Å²) in [4.78, 5) is 37.0. The number of esters is 1. The Bertz CT molecular complexity index is 3020. The molecule has 0 spiro atoms. The van der Waals surface area contributed by atoms with Crippen molar-refractivity contribution in [2.75, 3.05) is 90.6 Å². The van der Waals surface area contributed by atoms with Crippen LogP contribution in [0.4, 0.5) is 40.3 Å². The summed E-state index contributed by atoms with van der Waals surface area (Å²) < 4.78 is 92.4. The van der Waals surface area contributed by atoms with Gasteiger partial charge in [0.25, 0.3) is 9.84 Å². The molecule has 0 saturated carbocycles. The van der Waals surface area contributed by atoms with Gasteiger partial charge in [0.1, 0.15) is 10.7 Å². The van der Waals surface area contributed by atoms with Gasteiger partial charge in [-0.25, -0.2) is 12.8 Å². The number of nitrogens with zero attached hydrogens (tertiary/aromatic N) is 4. The minimum Gasteiger partial charge on any atom is -0.456 e. The SMILES string of the molecule is CCN1CCC(C(=O)OCP(O)O)CC1.CSc1c(-c2cc(F)cc(N3CCN(c4ccc(NSc5ccc(NCCSc6ccccc6)c(S(=O)(=O)C(F)(F)F)c5)cc4)CC3)c2)c(-c2ccc(Cl)cc2)n(C(C)C)c1C. The second-order valence-electron chi connectivity index (χ2n) is 18.6. The summed E-state index contributed by atoms with van der Waals surface area (Å²) in [5.74, 6) is -0.137. The van der Waals surface area contributed by atoms with E-state index in [1.165, 1.54) is 17.8 Å². The zero-order chi connectivity index (χ0) is 55.4. The third-order valence-corrected chi connectivity index (χ3v) is 18.1. The molecule has 1 aromatic heterocycles. The normalized spacial score (nSPS) is 14.7. The van der Waals surface area contributed by atoms with Crippen molar-refractivity contribution < 1.29 is 45.3 Å². The molecule has 22 heteroatoms. The van der Waals surface area contributed by atoms with E-state index < -0.39 is 28.6 Å². The van der Waals surface area contributed by atoms with Crippen LogP contribution in [0.25, 0.3) is 22.4 Å². The molecule has 414 valence electrons. The van der Waals surface area contributed by atoms with Gasteiger partial charge in [-0.05, 0) is 168 Å². The Balaban J connectivity index is 0.000000495. The minimum atomic E-state index is -5.62. The zero-order valence-electron chi connectivity index (χ0n) is 43.4. The second-order valence-corrected chi connectivity index (χ2v) is 24.8. The van der Waals surface area contributed by atoms with Crippen LogP contribution in [0.5, 0.6) is 0 Å². The van der Waals surface area contributed by atoms with Crippen molar-refractivity contribution in [3.8, 4) is 22.4 Å². The van der Waals surface area contributed by atoms with Gasteiger partial charge in [0.05, 0.1) is 17.3 Å². The standard InChI is InChI=1S/C46H46ClF4N5O2S4.C9H18NO4P/c1-30(2)56-31(3)45(59-4)43(44(56)32-10-12-34(47)13-11-32)33-26-35(48)28-38(27-33)55-23-21-54(22-24-55)37-16-14-36(15-17-37)53-61-40-18-19-41(42(29-40)62(57,58)46(49,50)51)52-20-25-60-39-8-6-5-7-9-39;1-2-10-5-3-8(4-6-10)9(11)14-7-15(12)13/h5-19,26-30,52-53H,20-25H2,1-4H3;8,12-13H,2-7H2,1H3. The molecule has 4 N–H and O–H groups in total. The summed E-state index contributed by atoms with van der Waals surface area (Å²) in [6.45, 7) is 14.4. The Morgan fingerprint density at radius 2 is 1.49 bits per heavy atom. The average molecular weight is 1180 g/mol. The van der Waals surface area contributed by atoms with Gasteiger partial charge in [-0.15, -0.1) is 23.5 Å². The highest BCUT2D eigenvalue weighted by Gasteiger charge is 2.48. The van der Waals surface area contributed by atoms with E-state index in [9.17, 15) is 26.4 Å². The Labute approximate surface area is 468 Å². The molecule has 2 aliphatic heterocycles. The summed E-state index contributed by atoms with van der Waals surface area (Å²) in [5.41, 5.74) is 1.93. The number of rotatable bonds is 19. The van der Waals surface area contributed by atoms with E-state index in [1.807, 2.05) is 78.9 Å². The third-order valence-electron chi connectivity index (χ3n) is 13.2. The predicted octanol–water partition coefficient (Wildman–Crippen LogP) is 13.7. The van der Waals surface area contributed by atoms with E-state index in [4.69, 9.17) is 26.1 Å². The molecule has 5 aromatic carbocycles. The highest BCUT2D eigenvalue weighted by molar-refractivity contribution is 8.00. The lowest BCUT2D eigenvalue weighted by Crippen LogP contribution is -2.46. The van der Waals surface area contributed by atoms with Crippen LogP contribution in [0.3, 0.4) is 0 Å². The largest absolute Gasteiger partial charge is 0.501 e. The first kappa shape index (κ1) is 60.0. The number of carbonyl (C=O) groups excluding carboxylic acids is 1. The zero-order valence-corrected chi connectivity index (χ0v) is 48.3. The molecule has 0 radical (unpaired) electrons. The maximum atomic E-state index is 15.6. The molecule has 0 amide bonds. The number of piperidine rings is 1. The van der Waals surface area contributed by atoms with Crippen LogP contribution >= 0.6 is 55.4 Å². The summed E-state index contributed by atoms with van der Waals surface area (Å²) >= 11 is 10.5. The van der Waals surface area contributed by atoms with Crippen molar-refractivity contribution in [3.63, 3.8) is 0 Å². The van der Waals surface area contributed by atoms with Crippen molar-refractivity contribution >= 4 is 94.0 Å².